The summed E-state index contributed by atoms with van der Waals surface area (Å²) < 4.78 is 2.33. The van der Waals surface area contributed by atoms with E-state index in [0.29, 0.717) is 17.4 Å². The van der Waals surface area contributed by atoms with Crippen molar-refractivity contribution in [2.45, 2.75) is 53.1 Å². The molecular formula is C14H25N3. The van der Waals surface area contributed by atoms with E-state index in [9.17, 15) is 0 Å². The van der Waals surface area contributed by atoms with Gasteiger partial charge in [0.1, 0.15) is 0 Å². The SMILES string of the molecule is CC(Cn1cncc1C1CCCN1)C(C)(C)C. The molecule has 1 aromatic rings. The number of hydrogen-bond donors (Lipinski definition) is 1. The van der Waals surface area contributed by atoms with Crippen molar-refractivity contribution in [2.75, 3.05) is 6.54 Å². The van der Waals surface area contributed by atoms with Gasteiger partial charge in [-0.05, 0) is 30.7 Å². The van der Waals surface area contributed by atoms with E-state index in [2.05, 4.69) is 42.6 Å². The summed E-state index contributed by atoms with van der Waals surface area (Å²) in [6.45, 7) is 11.5. The average molecular weight is 235 g/mol. The predicted molar refractivity (Wildman–Crippen MR) is 70.8 cm³/mol. The number of nitrogens with zero attached hydrogens (tertiary/aromatic N) is 2. The smallest absolute Gasteiger partial charge is 0.0948 e. The molecule has 0 amide bonds. The zero-order chi connectivity index (χ0) is 12.5. The summed E-state index contributed by atoms with van der Waals surface area (Å²) in [6.07, 6.45) is 6.54. The number of nitrogens with one attached hydrogen (secondary N) is 1. The Kier molecular flexibility index (Phi) is 3.57. The highest BCUT2D eigenvalue weighted by Gasteiger charge is 2.24. The Morgan fingerprint density at radius 3 is 2.88 bits per heavy atom. The first-order chi connectivity index (χ1) is 7.98. The molecule has 1 N–H and O–H groups in total. The van der Waals surface area contributed by atoms with Crippen molar-refractivity contribution in [1.29, 1.82) is 0 Å². The molecule has 1 aromatic heterocycles. The molecule has 2 rings (SSSR count). The van der Waals surface area contributed by atoms with Crippen LogP contribution in [0.1, 0.15) is 52.3 Å². The summed E-state index contributed by atoms with van der Waals surface area (Å²) in [5.41, 5.74) is 1.71. The fraction of sp³-hybridized carbons (Fsp3) is 0.786. The first-order valence-corrected chi connectivity index (χ1v) is 6.72. The van der Waals surface area contributed by atoms with Gasteiger partial charge in [0.05, 0.1) is 12.0 Å². The van der Waals surface area contributed by atoms with E-state index in [4.69, 9.17) is 0 Å². The molecular weight excluding hydrogens is 210 g/mol. The maximum absolute atomic E-state index is 4.32. The molecule has 0 spiro atoms. The molecule has 0 radical (unpaired) electrons. The van der Waals surface area contributed by atoms with Gasteiger partial charge >= 0.3 is 0 Å². The molecule has 17 heavy (non-hydrogen) atoms. The Bertz CT molecular complexity index is 356. The molecule has 0 bridgehead atoms. The van der Waals surface area contributed by atoms with Crippen LogP contribution in [0.3, 0.4) is 0 Å². The third kappa shape index (κ3) is 2.89. The predicted octanol–water partition coefficient (Wildman–Crippen LogP) is 2.99. The molecule has 1 fully saturated rings. The molecule has 1 aliphatic rings. The summed E-state index contributed by atoms with van der Waals surface area (Å²) in [5.74, 6) is 0.650. The van der Waals surface area contributed by atoms with E-state index < -0.39 is 0 Å². The molecule has 0 saturated carbocycles. The quantitative estimate of drug-likeness (QED) is 0.873. The highest BCUT2D eigenvalue weighted by Crippen LogP contribution is 2.29. The van der Waals surface area contributed by atoms with E-state index in [1.165, 1.54) is 18.5 Å². The van der Waals surface area contributed by atoms with Crippen LogP contribution in [0.5, 0.6) is 0 Å². The molecule has 1 aliphatic heterocycles. The Labute approximate surface area is 105 Å². The molecule has 3 nitrogen and oxygen atoms in total. The largest absolute Gasteiger partial charge is 0.333 e. The van der Waals surface area contributed by atoms with Crippen LogP contribution in [0.15, 0.2) is 12.5 Å². The van der Waals surface area contributed by atoms with Gasteiger partial charge in [-0.3, -0.25) is 0 Å². The van der Waals surface area contributed by atoms with Crippen molar-refractivity contribution in [3.8, 4) is 0 Å². The van der Waals surface area contributed by atoms with Gasteiger partial charge in [0, 0.05) is 18.8 Å². The summed E-state index contributed by atoms with van der Waals surface area (Å²) >= 11 is 0. The van der Waals surface area contributed by atoms with Crippen LogP contribution < -0.4 is 5.32 Å². The minimum atomic E-state index is 0.352. The van der Waals surface area contributed by atoms with Gasteiger partial charge in [0.15, 0.2) is 0 Å². The minimum absolute atomic E-state index is 0.352. The molecule has 2 atom stereocenters. The summed E-state index contributed by atoms with van der Waals surface area (Å²) in [6, 6.07) is 0.518. The van der Waals surface area contributed by atoms with Crippen LogP contribution in [0.4, 0.5) is 0 Å². The number of rotatable bonds is 3. The molecule has 0 aromatic carbocycles. The normalized spacial score (nSPS) is 22.9. The molecule has 96 valence electrons. The molecule has 2 unspecified atom stereocenters. The second kappa shape index (κ2) is 4.81. The van der Waals surface area contributed by atoms with Gasteiger partial charge in [-0.1, -0.05) is 27.7 Å². The fourth-order valence-corrected chi connectivity index (χ4v) is 2.28. The van der Waals surface area contributed by atoms with E-state index in [1.54, 1.807) is 0 Å². The lowest BCUT2D eigenvalue weighted by molar-refractivity contribution is 0.230. The lowest BCUT2D eigenvalue weighted by atomic mass is 9.82. The monoisotopic (exact) mass is 235 g/mol. The number of hydrogen-bond acceptors (Lipinski definition) is 2. The number of aromatic nitrogens is 2. The van der Waals surface area contributed by atoms with E-state index in [0.717, 1.165) is 13.1 Å². The van der Waals surface area contributed by atoms with Crippen LogP contribution in [0.25, 0.3) is 0 Å². The topological polar surface area (TPSA) is 29.9 Å². The lowest BCUT2D eigenvalue weighted by Gasteiger charge is -2.28. The van der Waals surface area contributed by atoms with Crippen LogP contribution in [0, 0.1) is 11.3 Å². The van der Waals surface area contributed by atoms with Gasteiger partial charge in [-0.2, -0.15) is 0 Å². The number of imidazole rings is 1. The highest BCUT2D eigenvalue weighted by atomic mass is 15.1. The Balaban J connectivity index is 2.08. The van der Waals surface area contributed by atoms with Crippen LogP contribution in [0.2, 0.25) is 0 Å². The first-order valence-electron chi connectivity index (χ1n) is 6.72. The van der Waals surface area contributed by atoms with Crippen molar-refractivity contribution in [1.82, 2.24) is 14.9 Å². The van der Waals surface area contributed by atoms with Crippen molar-refractivity contribution < 1.29 is 0 Å². The van der Waals surface area contributed by atoms with Crippen molar-refractivity contribution >= 4 is 0 Å². The van der Waals surface area contributed by atoms with E-state index >= 15 is 0 Å². The van der Waals surface area contributed by atoms with Gasteiger partial charge in [0.2, 0.25) is 0 Å². The van der Waals surface area contributed by atoms with Crippen molar-refractivity contribution in [3.05, 3.63) is 18.2 Å². The minimum Gasteiger partial charge on any atom is -0.333 e. The van der Waals surface area contributed by atoms with Crippen LogP contribution in [-0.2, 0) is 6.54 Å². The second-order valence-corrected chi connectivity index (χ2v) is 6.39. The molecule has 1 saturated heterocycles. The van der Waals surface area contributed by atoms with E-state index in [1.807, 2.05) is 12.5 Å². The third-order valence-corrected chi connectivity index (χ3v) is 4.11. The molecule has 0 aliphatic carbocycles. The van der Waals surface area contributed by atoms with Crippen LogP contribution in [-0.4, -0.2) is 16.1 Å². The van der Waals surface area contributed by atoms with Crippen molar-refractivity contribution in [2.24, 2.45) is 11.3 Å². The average Bonchev–Trinajstić information content (AvgIpc) is 2.83. The Hall–Kier alpha value is -0.830. The maximum Gasteiger partial charge on any atom is 0.0948 e. The summed E-state index contributed by atoms with van der Waals surface area (Å²) in [4.78, 5) is 4.32. The second-order valence-electron chi connectivity index (χ2n) is 6.39. The maximum atomic E-state index is 4.32. The Morgan fingerprint density at radius 1 is 1.53 bits per heavy atom. The van der Waals surface area contributed by atoms with Gasteiger partial charge in [0.25, 0.3) is 0 Å². The standard InChI is InChI=1S/C14H25N3/c1-11(14(2,3)4)9-17-10-15-8-13(17)12-6-5-7-16-12/h8,10-12,16H,5-7,9H2,1-4H3. The van der Waals surface area contributed by atoms with E-state index in [-0.39, 0.29) is 0 Å². The third-order valence-electron chi connectivity index (χ3n) is 4.11. The first kappa shape index (κ1) is 12.6. The zero-order valence-corrected chi connectivity index (χ0v) is 11.5. The zero-order valence-electron chi connectivity index (χ0n) is 11.5. The summed E-state index contributed by atoms with van der Waals surface area (Å²) in [5, 5.41) is 3.55. The van der Waals surface area contributed by atoms with Gasteiger partial charge < -0.3 is 9.88 Å². The summed E-state index contributed by atoms with van der Waals surface area (Å²) in [7, 11) is 0. The van der Waals surface area contributed by atoms with Gasteiger partial charge in [-0.25, -0.2) is 4.98 Å². The molecule has 3 heteroatoms. The molecule has 2 heterocycles. The highest BCUT2D eigenvalue weighted by molar-refractivity contribution is 5.07. The van der Waals surface area contributed by atoms with Crippen LogP contribution >= 0.6 is 0 Å². The lowest BCUT2D eigenvalue weighted by Crippen LogP contribution is -2.24. The van der Waals surface area contributed by atoms with Gasteiger partial charge in [-0.15, -0.1) is 0 Å². The van der Waals surface area contributed by atoms with Crippen molar-refractivity contribution in [3.63, 3.8) is 0 Å². The Morgan fingerprint density at radius 2 is 2.29 bits per heavy atom. The fourth-order valence-electron chi connectivity index (χ4n) is 2.28.